The van der Waals surface area contributed by atoms with Gasteiger partial charge >= 0.3 is 5.97 Å². The van der Waals surface area contributed by atoms with E-state index < -0.39 is 5.54 Å². The number of fused-ring (bicyclic) bond motifs is 1. The van der Waals surface area contributed by atoms with Gasteiger partial charge in [-0.3, -0.25) is 0 Å². The van der Waals surface area contributed by atoms with Crippen molar-refractivity contribution in [2.24, 2.45) is 0 Å². The molecular weight excluding hydrogens is 266 g/mol. The summed E-state index contributed by atoms with van der Waals surface area (Å²) in [5.41, 5.74) is 1.80. The lowest BCUT2D eigenvalue weighted by Crippen LogP contribution is -2.53. The summed E-state index contributed by atoms with van der Waals surface area (Å²) in [5, 5.41) is 3.35. The number of carbonyl (C=O) groups excluding carboxylic acids is 1. The van der Waals surface area contributed by atoms with Crippen LogP contribution in [-0.4, -0.2) is 34.7 Å². The van der Waals surface area contributed by atoms with Crippen LogP contribution >= 0.6 is 0 Å². The highest BCUT2D eigenvalue weighted by Gasteiger charge is 2.35. The van der Waals surface area contributed by atoms with Gasteiger partial charge in [0, 0.05) is 5.69 Å². The van der Waals surface area contributed by atoms with Crippen LogP contribution in [0.5, 0.6) is 0 Å². The van der Waals surface area contributed by atoms with Crippen molar-refractivity contribution in [1.29, 1.82) is 0 Å². The first-order valence-corrected chi connectivity index (χ1v) is 7.90. The number of hydrogen-bond acceptors (Lipinski definition) is 4. The van der Waals surface area contributed by atoms with Gasteiger partial charge < -0.3 is 14.6 Å². The van der Waals surface area contributed by atoms with E-state index in [9.17, 15) is 4.79 Å². The predicted molar refractivity (Wildman–Crippen MR) is 82.3 cm³/mol. The van der Waals surface area contributed by atoms with Crippen LogP contribution in [0.2, 0.25) is 0 Å². The number of esters is 1. The fraction of sp³-hybridized carbons (Fsp3) is 0.750. The standard InChI is InChI=1S/C16H27N3O2/c1-5-10-17-16(3,15(20)21-4)11-19-12(2)18-13-8-6-7-9-14(13)19/h17H,5-11H2,1-4H3. The highest BCUT2D eigenvalue weighted by molar-refractivity contribution is 5.80. The summed E-state index contributed by atoms with van der Waals surface area (Å²) in [5.74, 6) is 0.781. The molecule has 0 spiro atoms. The summed E-state index contributed by atoms with van der Waals surface area (Å²) in [7, 11) is 1.45. The molecule has 5 nitrogen and oxygen atoms in total. The van der Waals surface area contributed by atoms with Crippen LogP contribution in [0, 0.1) is 6.92 Å². The fourth-order valence-corrected chi connectivity index (χ4v) is 3.08. The third-order valence-corrected chi connectivity index (χ3v) is 4.30. The maximum Gasteiger partial charge on any atom is 0.327 e. The molecule has 2 rings (SSSR count). The van der Waals surface area contributed by atoms with Gasteiger partial charge in [-0.05, 0) is 52.5 Å². The summed E-state index contributed by atoms with van der Waals surface area (Å²) in [6.07, 6.45) is 5.51. The number of hydrogen-bond donors (Lipinski definition) is 1. The summed E-state index contributed by atoms with van der Waals surface area (Å²) >= 11 is 0. The number of methoxy groups -OCH3 is 1. The van der Waals surface area contributed by atoms with Crippen molar-refractivity contribution in [3.63, 3.8) is 0 Å². The number of nitrogens with zero attached hydrogens (tertiary/aromatic N) is 2. The lowest BCUT2D eigenvalue weighted by atomic mass is 9.99. The minimum atomic E-state index is -0.707. The van der Waals surface area contributed by atoms with Gasteiger partial charge in [0.2, 0.25) is 0 Å². The van der Waals surface area contributed by atoms with E-state index in [1.807, 2.05) is 13.8 Å². The van der Waals surface area contributed by atoms with Crippen LogP contribution in [0.1, 0.15) is 50.3 Å². The smallest absolute Gasteiger partial charge is 0.327 e. The first-order chi connectivity index (χ1) is 10.0. The molecule has 1 aromatic heterocycles. The lowest BCUT2D eigenvalue weighted by molar-refractivity contribution is -0.148. The molecule has 0 bridgehead atoms. The van der Waals surface area contributed by atoms with E-state index in [0.717, 1.165) is 31.6 Å². The Kier molecular flexibility index (Phi) is 5.04. The Morgan fingerprint density at radius 1 is 1.43 bits per heavy atom. The van der Waals surface area contributed by atoms with Crippen molar-refractivity contribution < 1.29 is 9.53 Å². The first kappa shape index (κ1) is 16.0. The molecule has 0 aromatic carbocycles. The average Bonchev–Trinajstić information content (AvgIpc) is 2.80. The molecule has 1 aliphatic rings. The molecule has 1 aromatic rings. The second-order valence-corrected chi connectivity index (χ2v) is 6.10. The molecule has 0 radical (unpaired) electrons. The molecular formula is C16H27N3O2. The SMILES string of the molecule is CCCNC(C)(Cn1c(C)nc2c1CCCC2)C(=O)OC. The first-order valence-electron chi connectivity index (χ1n) is 7.90. The van der Waals surface area contributed by atoms with E-state index in [-0.39, 0.29) is 5.97 Å². The molecule has 0 aliphatic heterocycles. The van der Waals surface area contributed by atoms with Crippen LogP contribution in [-0.2, 0) is 28.9 Å². The molecule has 1 atom stereocenters. The Balaban J connectivity index is 2.28. The number of ether oxygens (including phenoxy) is 1. The predicted octanol–water partition coefficient (Wildman–Crippen LogP) is 2.00. The second-order valence-electron chi connectivity index (χ2n) is 6.10. The van der Waals surface area contributed by atoms with Gasteiger partial charge in [-0.15, -0.1) is 0 Å². The molecule has 1 N–H and O–H groups in total. The van der Waals surface area contributed by atoms with Crippen LogP contribution in [0.25, 0.3) is 0 Å². The van der Waals surface area contributed by atoms with Gasteiger partial charge in [-0.25, -0.2) is 9.78 Å². The third kappa shape index (κ3) is 3.28. The summed E-state index contributed by atoms with van der Waals surface area (Å²) in [6, 6.07) is 0. The van der Waals surface area contributed by atoms with Gasteiger partial charge in [0.15, 0.2) is 0 Å². The number of imidazole rings is 1. The van der Waals surface area contributed by atoms with Crippen LogP contribution in [0.3, 0.4) is 0 Å². The minimum Gasteiger partial charge on any atom is -0.468 e. The third-order valence-electron chi connectivity index (χ3n) is 4.30. The zero-order valence-corrected chi connectivity index (χ0v) is 13.7. The quantitative estimate of drug-likeness (QED) is 0.815. The van der Waals surface area contributed by atoms with Gasteiger partial charge in [0.05, 0.1) is 19.3 Å². The number of rotatable bonds is 6. The summed E-state index contributed by atoms with van der Waals surface area (Å²) < 4.78 is 7.21. The normalized spacial score (nSPS) is 17.1. The zero-order chi connectivity index (χ0) is 15.5. The Bertz CT molecular complexity index is 510. The largest absolute Gasteiger partial charge is 0.468 e. The van der Waals surface area contributed by atoms with Crippen molar-refractivity contribution in [1.82, 2.24) is 14.9 Å². The molecule has 0 amide bonds. The Labute approximate surface area is 127 Å². The lowest BCUT2D eigenvalue weighted by Gasteiger charge is -2.30. The van der Waals surface area contributed by atoms with E-state index in [1.54, 1.807) is 0 Å². The van der Waals surface area contributed by atoms with Crippen molar-refractivity contribution >= 4 is 5.97 Å². The number of aromatic nitrogens is 2. The van der Waals surface area contributed by atoms with E-state index in [0.29, 0.717) is 6.54 Å². The molecule has 5 heteroatoms. The maximum absolute atomic E-state index is 12.2. The Morgan fingerprint density at radius 3 is 2.81 bits per heavy atom. The van der Waals surface area contributed by atoms with Crippen LogP contribution in [0.15, 0.2) is 0 Å². The van der Waals surface area contributed by atoms with Crippen molar-refractivity contribution in [3.8, 4) is 0 Å². The highest BCUT2D eigenvalue weighted by Crippen LogP contribution is 2.24. The summed E-state index contributed by atoms with van der Waals surface area (Å²) in [6.45, 7) is 7.41. The number of nitrogens with one attached hydrogen (secondary N) is 1. The van der Waals surface area contributed by atoms with Crippen LogP contribution < -0.4 is 5.32 Å². The molecule has 0 saturated carbocycles. The maximum atomic E-state index is 12.2. The molecule has 1 unspecified atom stereocenters. The van der Waals surface area contributed by atoms with E-state index in [4.69, 9.17) is 4.74 Å². The van der Waals surface area contributed by atoms with Crippen molar-refractivity contribution in [2.45, 2.75) is 65.0 Å². The van der Waals surface area contributed by atoms with E-state index >= 15 is 0 Å². The highest BCUT2D eigenvalue weighted by atomic mass is 16.5. The molecule has 21 heavy (non-hydrogen) atoms. The monoisotopic (exact) mass is 293 g/mol. The number of aryl methyl sites for hydroxylation is 2. The average molecular weight is 293 g/mol. The zero-order valence-electron chi connectivity index (χ0n) is 13.7. The van der Waals surface area contributed by atoms with Gasteiger partial charge in [-0.1, -0.05) is 6.92 Å². The van der Waals surface area contributed by atoms with Crippen LogP contribution in [0.4, 0.5) is 0 Å². The van der Waals surface area contributed by atoms with Gasteiger partial charge in [0.1, 0.15) is 11.4 Å². The molecule has 1 heterocycles. The Morgan fingerprint density at radius 2 is 2.14 bits per heavy atom. The minimum absolute atomic E-state index is 0.214. The number of carbonyl (C=O) groups is 1. The van der Waals surface area contributed by atoms with Gasteiger partial charge in [0.25, 0.3) is 0 Å². The molecule has 0 saturated heterocycles. The molecule has 1 aliphatic carbocycles. The summed E-state index contributed by atoms with van der Waals surface area (Å²) in [4.78, 5) is 16.9. The second kappa shape index (κ2) is 6.60. The molecule has 118 valence electrons. The van der Waals surface area contributed by atoms with Gasteiger partial charge in [-0.2, -0.15) is 0 Å². The van der Waals surface area contributed by atoms with E-state index in [1.165, 1.54) is 31.3 Å². The van der Waals surface area contributed by atoms with Crippen molar-refractivity contribution in [2.75, 3.05) is 13.7 Å². The Hall–Kier alpha value is -1.36. The van der Waals surface area contributed by atoms with E-state index in [2.05, 4.69) is 21.8 Å². The fourth-order valence-electron chi connectivity index (χ4n) is 3.08. The topological polar surface area (TPSA) is 56.2 Å². The van der Waals surface area contributed by atoms with Crippen molar-refractivity contribution in [3.05, 3.63) is 17.2 Å². The molecule has 0 fully saturated rings.